The van der Waals surface area contributed by atoms with Crippen LogP contribution in [0.4, 0.5) is 0 Å². The Balaban J connectivity index is 0.00000101. The zero-order valence-corrected chi connectivity index (χ0v) is 37.2. The van der Waals surface area contributed by atoms with Crippen molar-refractivity contribution >= 4 is 28.0 Å². The van der Waals surface area contributed by atoms with Gasteiger partial charge in [0.1, 0.15) is 21.6 Å². The molecule has 0 fully saturated rings. The third-order valence-electron chi connectivity index (χ3n) is 9.31. The van der Waals surface area contributed by atoms with E-state index in [0.29, 0.717) is 5.56 Å². The molecule has 14 heteroatoms. The number of aromatic hydroxyl groups is 2. The van der Waals surface area contributed by atoms with Crippen LogP contribution in [0.3, 0.4) is 0 Å². The minimum Gasteiger partial charge on any atom is -1.00 e. The topological polar surface area (TPSA) is 177 Å². The normalized spacial score (nSPS) is 14.4. The van der Waals surface area contributed by atoms with E-state index in [9.17, 15) is 37.6 Å². The van der Waals surface area contributed by atoms with Gasteiger partial charge in [-0.05, 0) is 55.0 Å². The minimum atomic E-state index is -5.01. The number of rotatable bonds is 18. The number of unbranched alkanes of at least 4 members (excludes halogenated alkanes) is 2. The van der Waals surface area contributed by atoms with Gasteiger partial charge in [-0.3, -0.25) is 9.59 Å². The molecule has 3 atom stereocenters. The minimum absolute atomic E-state index is 0. The summed E-state index contributed by atoms with van der Waals surface area (Å²) in [6.45, 7) is 8.26. The van der Waals surface area contributed by atoms with Gasteiger partial charge in [0.2, 0.25) is 0 Å². The summed E-state index contributed by atoms with van der Waals surface area (Å²) in [4.78, 5) is 36.6. The van der Waals surface area contributed by atoms with Gasteiger partial charge in [-0.15, -0.1) is 0 Å². The molecule has 0 radical (unpaired) electrons. The summed E-state index contributed by atoms with van der Waals surface area (Å²) in [5, 5.41) is 17.1. The Kier molecular flexibility index (Phi) is 22.3. The molecule has 0 aromatic heterocycles. The molecule has 3 aromatic carbocycles. The van der Waals surface area contributed by atoms with Crippen LogP contribution in [0.15, 0.2) is 72.8 Å². The molecule has 4 rings (SSSR count). The zero-order chi connectivity index (χ0) is 38.3. The van der Waals surface area contributed by atoms with E-state index >= 15 is 0 Å². The molecule has 0 saturated heterocycles. The van der Waals surface area contributed by atoms with Crippen LogP contribution in [0.5, 0.6) is 11.5 Å². The largest absolute Gasteiger partial charge is 1.00 e. The summed E-state index contributed by atoms with van der Waals surface area (Å²) in [6.07, 6.45) is 6.58. The first-order chi connectivity index (χ1) is 24.8. The summed E-state index contributed by atoms with van der Waals surface area (Å²) in [6, 6.07) is 20.4. The fourth-order valence-electron chi connectivity index (χ4n) is 6.02. The van der Waals surface area contributed by atoms with E-state index in [2.05, 4.69) is 13.8 Å². The van der Waals surface area contributed by atoms with E-state index in [4.69, 9.17) is 14.2 Å². The van der Waals surface area contributed by atoms with Crippen LogP contribution in [-0.4, -0.2) is 59.6 Å². The number of benzene rings is 3. The molecule has 0 aliphatic carbocycles. The van der Waals surface area contributed by atoms with E-state index in [1.807, 2.05) is 26.0 Å². The molecule has 0 saturated carbocycles. The second-order valence-corrected chi connectivity index (χ2v) is 14.6. The molecule has 54 heavy (non-hydrogen) atoms. The zero-order valence-electron chi connectivity index (χ0n) is 33.4. The van der Waals surface area contributed by atoms with Crippen LogP contribution in [0.25, 0.3) is 0 Å². The van der Waals surface area contributed by atoms with Gasteiger partial charge in [-0.25, -0.2) is 13.2 Å². The maximum absolute atomic E-state index is 12.4. The molecular weight excluding hydrogens is 734 g/mol. The summed E-state index contributed by atoms with van der Waals surface area (Å²) < 4.78 is 50.4. The number of phenolic OH excluding ortho intramolecular Hbond substituents is 2. The molecular formula is C40H52Na2O11S. The van der Waals surface area contributed by atoms with Gasteiger partial charge in [0.05, 0.1) is 25.2 Å². The summed E-state index contributed by atoms with van der Waals surface area (Å²) in [7, 11) is -5.01. The quantitative estimate of drug-likeness (QED) is 0.0827. The van der Waals surface area contributed by atoms with E-state index in [1.54, 1.807) is 60.7 Å². The first-order valence-corrected chi connectivity index (χ1v) is 19.5. The van der Waals surface area contributed by atoms with Crippen LogP contribution >= 0.6 is 0 Å². The number of hydrogen-bond acceptors (Lipinski definition) is 11. The van der Waals surface area contributed by atoms with Crippen LogP contribution in [0, 0.1) is 11.8 Å². The Bertz CT molecular complexity index is 1680. The van der Waals surface area contributed by atoms with Gasteiger partial charge in [-0.2, -0.15) is 0 Å². The van der Waals surface area contributed by atoms with Crippen LogP contribution in [0.1, 0.15) is 114 Å². The summed E-state index contributed by atoms with van der Waals surface area (Å²) in [5.41, 5.74) is 1.60. The van der Waals surface area contributed by atoms with Crippen LogP contribution in [-0.2, 0) is 39.5 Å². The Morgan fingerprint density at radius 3 is 1.69 bits per heavy atom. The van der Waals surface area contributed by atoms with E-state index in [1.165, 1.54) is 0 Å². The average Bonchev–Trinajstić information content (AvgIpc) is 3.43. The number of hydrogen-bond donors (Lipinski definition) is 2. The van der Waals surface area contributed by atoms with E-state index < -0.39 is 45.3 Å². The predicted molar refractivity (Wildman–Crippen MR) is 196 cm³/mol. The number of fused-ring (bicyclic) bond motifs is 1. The van der Waals surface area contributed by atoms with E-state index in [-0.39, 0.29) is 97.1 Å². The molecule has 286 valence electrons. The number of cyclic esters (lactones) is 1. The average molecular weight is 787 g/mol. The fourth-order valence-corrected chi connectivity index (χ4v) is 6.66. The van der Waals surface area contributed by atoms with Gasteiger partial charge < -0.3 is 30.4 Å². The first-order valence-electron chi connectivity index (χ1n) is 18.0. The van der Waals surface area contributed by atoms with Crippen molar-refractivity contribution < 1.29 is 112 Å². The molecule has 0 bridgehead atoms. The molecule has 1 aliphatic rings. The van der Waals surface area contributed by atoms with Crippen LogP contribution < -0.4 is 59.1 Å². The number of carbonyl (C=O) groups excluding carboxylic acids is 3. The Labute approximate surface area is 365 Å². The van der Waals surface area contributed by atoms with Crippen molar-refractivity contribution in [3.63, 3.8) is 0 Å². The van der Waals surface area contributed by atoms with Crippen molar-refractivity contribution in [2.45, 2.75) is 96.3 Å². The second-order valence-electron chi connectivity index (χ2n) is 13.0. The molecule has 3 aromatic rings. The molecule has 0 amide bonds. The van der Waals surface area contributed by atoms with Gasteiger partial charge in [-0.1, -0.05) is 109 Å². The number of ether oxygens (including phenoxy) is 3. The monoisotopic (exact) mass is 786 g/mol. The molecule has 2 N–H and O–H groups in total. The third-order valence-corrected chi connectivity index (χ3v) is 10.4. The molecule has 11 nitrogen and oxygen atoms in total. The predicted octanol–water partition coefficient (Wildman–Crippen LogP) is 1.49. The number of carbonyl (C=O) groups is 3. The molecule has 1 aliphatic heterocycles. The number of phenols is 2. The first kappa shape index (κ1) is 49.6. The third kappa shape index (κ3) is 14.0. The van der Waals surface area contributed by atoms with Crippen molar-refractivity contribution in [3.05, 3.63) is 95.1 Å². The molecule has 0 spiro atoms. The van der Waals surface area contributed by atoms with Crippen molar-refractivity contribution in [1.29, 1.82) is 0 Å². The maximum atomic E-state index is 12.4. The Morgan fingerprint density at radius 2 is 1.24 bits per heavy atom. The van der Waals surface area contributed by atoms with Crippen LogP contribution in [0.2, 0.25) is 0 Å². The Morgan fingerprint density at radius 1 is 0.778 bits per heavy atom. The van der Waals surface area contributed by atoms with Crippen molar-refractivity contribution in [2.24, 2.45) is 11.8 Å². The standard InChI is InChI=1S/C20H38O7S.C20H14O4.2Na.H/c1-5-9-11-16(7-3)14-26-19(21)13-18(28(23,24)25)20(22)27-15-17(8-4)12-10-6-2;21-15-9-5-13(6-10-15)20(14-7-11-16(22)12-8-14)18-4-2-1-3-17(18)19(23)24-20;;;/h16-18H,5-15H2,1-4H3,(H,23,24,25);1-12,21-22H;;;/q;;2*+1;-1/p-1. The van der Waals surface area contributed by atoms with Crippen molar-refractivity contribution in [1.82, 2.24) is 0 Å². The second kappa shape index (κ2) is 24.3. The fraction of sp³-hybridized carbons (Fsp3) is 0.475. The molecule has 1 heterocycles. The molecule has 3 unspecified atom stereocenters. The smallest absolute Gasteiger partial charge is 1.00 e. The van der Waals surface area contributed by atoms with Gasteiger partial charge in [0.15, 0.2) is 10.9 Å². The maximum Gasteiger partial charge on any atom is 1.00 e. The summed E-state index contributed by atoms with van der Waals surface area (Å²) >= 11 is 0. The van der Waals surface area contributed by atoms with Gasteiger partial charge >= 0.3 is 77.0 Å². The number of esters is 3. The SMILES string of the molecule is CCCCC(CC)COC(=O)CC(C(=O)OCC(CC)CCCC)S(=O)(=O)[O-].O=C1OC(c2ccc(O)cc2)(c2ccc(O)cc2)c2ccccc21.[H-].[Na+].[Na+]. The van der Waals surface area contributed by atoms with E-state index in [0.717, 1.165) is 68.1 Å². The van der Waals surface area contributed by atoms with Gasteiger partial charge in [0.25, 0.3) is 0 Å². The van der Waals surface area contributed by atoms with Gasteiger partial charge in [0, 0.05) is 16.7 Å². The van der Waals surface area contributed by atoms with Crippen molar-refractivity contribution in [3.8, 4) is 11.5 Å². The van der Waals surface area contributed by atoms with Crippen molar-refractivity contribution in [2.75, 3.05) is 13.2 Å². The Hall–Kier alpha value is -2.42. The summed E-state index contributed by atoms with van der Waals surface area (Å²) in [5.74, 6) is -1.87.